The summed E-state index contributed by atoms with van der Waals surface area (Å²) in [7, 11) is 0. The third-order valence-corrected chi connectivity index (χ3v) is 4.53. The zero-order valence-corrected chi connectivity index (χ0v) is 11.4. The fourth-order valence-electron chi connectivity index (χ4n) is 3.18. The standard InChI is InChI=1S/C15H13N3O3/c1-8(19)9-2-4-10(5-3-9)18-13(20)11-12(14(18)21)16-17-15(11)6-7-15/h2-5,11-12H,6-7H2,1H3. The monoisotopic (exact) mass is 283 g/mol. The first kappa shape index (κ1) is 12.4. The number of carbonyl (C=O) groups excluding carboxylic acids is 3. The quantitative estimate of drug-likeness (QED) is 0.612. The molecule has 1 aromatic carbocycles. The number of benzene rings is 1. The molecule has 0 aromatic heterocycles. The van der Waals surface area contributed by atoms with Crippen molar-refractivity contribution < 1.29 is 14.4 Å². The predicted octanol–water partition coefficient (Wildman–Crippen LogP) is 1.75. The Balaban J connectivity index is 1.70. The van der Waals surface area contributed by atoms with E-state index in [1.165, 1.54) is 11.8 Å². The van der Waals surface area contributed by atoms with Gasteiger partial charge in [0.15, 0.2) is 11.8 Å². The van der Waals surface area contributed by atoms with Gasteiger partial charge in [-0.2, -0.15) is 10.2 Å². The van der Waals surface area contributed by atoms with Crippen molar-refractivity contribution >= 4 is 23.3 Å². The van der Waals surface area contributed by atoms with Gasteiger partial charge in [0.1, 0.15) is 0 Å². The molecule has 1 saturated carbocycles. The van der Waals surface area contributed by atoms with Crippen LogP contribution < -0.4 is 4.90 Å². The first-order valence-electron chi connectivity index (χ1n) is 6.94. The van der Waals surface area contributed by atoms with Gasteiger partial charge < -0.3 is 0 Å². The first-order chi connectivity index (χ1) is 10.0. The van der Waals surface area contributed by atoms with Crippen molar-refractivity contribution in [2.75, 3.05) is 4.90 Å². The summed E-state index contributed by atoms with van der Waals surface area (Å²) in [6.45, 7) is 1.47. The van der Waals surface area contributed by atoms with E-state index in [4.69, 9.17) is 0 Å². The Morgan fingerprint density at radius 1 is 1.19 bits per heavy atom. The number of imide groups is 1. The molecule has 1 saturated heterocycles. The summed E-state index contributed by atoms with van der Waals surface area (Å²) in [5, 5.41) is 8.17. The highest BCUT2D eigenvalue weighted by atomic mass is 16.2. The van der Waals surface area contributed by atoms with Gasteiger partial charge in [0.05, 0.1) is 17.1 Å². The normalized spacial score (nSPS) is 28.3. The van der Waals surface area contributed by atoms with Crippen LogP contribution in [0.1, 0.15) is 30.1 Å². The van der Waals surface area contributed by atoms with E-state index in [1.807, 2.05) is 0 Å². The van der Waals surface area contributed by atoms with Gasteiger partial charge in [-0.25, -0.2) is 4.90 Å². The maximum absolute atomic E-state index is 12.6. The van der Waals surface area contributed by atoms with E-state index >= 15 is 0 Å². The maximum Gasteiger partial charge on any atom is 0.261 e. The molecule has 106 valence electrons. The van der Waals surface area contributed by atoms with E-state index in [1.54, 1.807) is 24.3 Å². The highest BCUT2D eigenvalue weighted by molar-refractivity contribution is 6.24. The Morgan fingerprint density at radius 3 is 2.43 bits per heavy atom. The molecule has 1 aliphatic carbocycles. The summed E-state index contributed by atoms with van der Waals surface area (Å²) in [5.41, 5.74) is 0.637. The fourth-order valence-corrected chi connectivity index (χ4v) is 3.18. The molecule has 0 radical (unpaired) electrons. The lowest BCUT2D eigenvalue weighted by Gasteiger charge is -2.16. The smallest absolute Gasteiger partial charge is 0.261 e. The van der Waals surface area contributed by atoms with Crippen LogP contribution in [0.2, 0.25) is 0 Å². The molecule has 2 aliphatic heterocycles. The number of amides is 2. The molecular weight excluding hydrogens is 270 g/mol. The van der Waals surface area contributed by atoms with Crippen molar-refractivity contribution in [1.29, 1.82) is 0 Å². The Morgan fingerprint density at radius 2 is 1.86 bits per heavy atom. The molecule has 2 atom stereocenters. The Hall–Kier alpha value is -2.37. The second-order valence-corrected chi connectivity index (χ2v) is 5.86. The average Bonchev–Trinajstić information content (AvgIpc) is 3.05. The summed E-state index contributed by atoms with van der Waals surface area (Å²) < 4.78 is 0. The SMILES string of the molecule is CC(=O)c1ccc(N2C(=O)C3N=NC4(CC4)C3C2=O)cc1. The molecule has 4 rings (SSSR count). The van der Waals surface area contributed by atoms with Crippen LogP contribution in [-0.4, -0.2) is 29.2 Å². The minimum atomic E-state index is -0.660. The van der Waals surface area contributed by atoms with Crippen LogP contribution >= 0.6 is 0 Å². The number of hydrogen-bond donors (Lipinski definition) is 0. The zero-order valence-electron chi connectivity index (χ0n) is 11.4. The number of hydrogen-bond acceptors (Lipinski definition) is 5. The van der Waals surface area contributed by atoms with Crippen molar-refractivity contribution in [2.24, 2.45) is 16.1 Å². The van der Waals surface area contributed by atoms with Crippen LogP contribution in [0.5, 0.6) is 0 Å². The molecule has 2 fully saturated rings. The lowest BCUT2D eigenvalue weighted by atomic mass is 9.94. The average molecular weight is 283 g/mol. The number of rotatable bonds is 2. The highest BCUT2D eigenvalue weighted by Gasteiger charge is 2.67. The second-order valence-electron chi connectivity index (χ2n) is 5.86. The van der Waals surface area contributed by atoms with E-state index in [9.17, 15) is 14.4 Å². The van der Waals surface area contributed by atoms with E-state index in [0.717, 1.165) is 12.8 Å². The molecular formula is C15H13N3O3. The molecule has 0 N–H and O–H groups in total. The minimum Gasteiger partial charge on any atom is -0.295 e. The van der Waals surface area contributed by atoms with Crippen LogP contribution in [0, 0.1) is 5.92 Å². The molecule has 21 heavy (non-hydrogen) atoms. The summed E-state index contributed by atoms with van der Waals surface area (Å²) >= 11 is 0. The maximum atomic E-state index is 12.6. The number of fused-ring (bicyclic) bond motifs is 2. The van der Waals surface area contributed by atoms with Gasteiger partial charge >= 0.3 is 0 Å². The van der Waals surface area contributed by atoms with E-state index < -0.39 is 17.5 Å². The van der Waals surface area contributed by atoms with Gasteiger partial charge in [-0.15, -0.1) is 0 Å². The van der Waals surface area contributed by atoms with Crippen LogP contribution in [0.4, 0.5) is 5.69 Å². The molecule has 6 heteroatoms. The van der Waals surface area contributed by atoms with Gasteiger partial charge in [0.2, 0.25) is 5.91 Å². The van der Waals surface area contributed by atoms with Crippen molar-refractivity contribution in [2.45, 2.75) is 31.3 Å². The second kappa shape index (κ2) is 3.84. The minimum absolute atomic E-state index is 0.0526. The molecule has 1 spiro atoms. The topological polar surface area (TPSA) is 79.2 Å². The molecule has 2 amide bonds. The molecule has 2 unspecified atom stereocenters. The van der Waals surface area contributed by atoms with E-state index in [2.05, 4.69) is 10.2 Å². The Bertz CT molecular complexity index is 703. The number of anilines is 1. The van der Waals surface area contributed by atoms with Crippen LogP contribution in [0.3, 0.4) is 0 Å². The van der Waals surface area contributed by atoms with Crippen molar-refractivity contribution in [1.82, 2.24) is 0 Å². The van der Waals surface area contributed by atoms with Crippen molar-refractivity contribution in [3.8, 4) is 0 Å². The molecule has 3 aliphatic rings. The van der Waals surface area contributed by atoms with E-state index in [-0.39, 0.29) is 17.6 Å². The third-order valence-electron chi connectivity index (χ3n) is 4.53. The number of ketones is 1. The van der Waals surface area contributed by atoms with Gasteiger partial charge in [0, 0.05) is 5.56 Å². The number of carbonyl (C=O) groups is 3. The first-order valence-corrected chi connectivity index (χ1v) is 6.94. The lowest BCUT2D eigenvalue weighted by Crippen LogP contribution is -2.33. The number of azo groups is 1. The lowest BCUT2D eigenvalue weighted by molar-refractivity contribution is -0.122. The zero-order chi connectivity index (χ0) is 14.8. The summed E-state index contributed by atoms with van der Waals surface area (Å²) in [6, 6.07) is 5.85. The molecule has 0 bridgehead atoms. The highest BCUT2D eigenvalue weighted by Crippen LogP contribution is 2.55. The summed E-state index contributed by atoms with van der Waals surface area (Å²) in [6.07, 6.45) is 1.65. The van der Waals surface area contributed by atoms with Gasteiger partial charge in [-0.05, 0) is 44.0 Å². The fraction of sp³-hybridized carbons (Fsp3) is 0.400. The van der Waals surface area contributed by atoms with Gasteiger partial charge in [-0.3, -0.25) is 14.4 Å². The van der Waals surface area contributed by atoms with Gasteiger partial charge in [0.25, 0.3) is 5.91 Å². The van der Waals surface area contributed by atoms with Crippen molar-refractivity contribution in [3.63, 3.8) is 0 Å². The molecule has 1 aromatic rings. The predicted molar refractivity (Wildman–Crippen MR) is 73.0 cm³/mol. The van der Waals surface area contributed by atoms with Crippen molar-refractivity contribution in [3.05, 3.63) is 29.8 Å². The number of nitrogens with zero attached hydrogens (tertiary/aromatic N) is 3. The van der Waals surface area contributed by atoms with Crippen LogP contribution in [0.15, 0.2) is 34.5 Å². The third kappa shape index (κ3) is 1.55. The van der Waals surface area contributed by atoms with Crippen LogP contribution in [0.25, 0.3) is 0 Å². The number of Topliss-reactive ketones (excluding diaryl/α,β-unsaturated/α-hetero) is 1. The Kier molecular flexibility index (Phi) is 2.26. The van der Waals surface area contributed by atoms with Crippen LogP contribution in [-0.2, 0) is 9.59 Å². The molecule has 2 heterocycles. The molecule has 6 nitrogen and oxygen atoms in total. The van der Waals surface area contributed by atoms with E-state index in [0.29, 0.717) is 11.3 Å². The largest absolute Gasteiger partial charge is 0.295 e. The summed E-state index contributed by atoms with van der Waals surface area (Å²) in [4.78, 5) is 37.5. The van der Waals surface area contributed by atoms with Gasteiger partial charge in [-0.1, -0.05) is 0 Å². The summed E-state index contributed by atoms with van der Waals surface area (Å²) in [5.74, 6) is -1.02. The Labute approximate surface area is 120 Å².